The number of H-pyrrole nitrogens is 1. The Hall–Kier alpha value is -2.82. The van der Waals surface area contributed by atoms with Crippen LogP contribution in [0.3, 0.4) is 0 Å². The molecule has 0 atom stereocenters. The third-order valence-electron chi connectivity index (χ3n) is 2.62. The number of anilines is 1. The van der Waals surface area contributed by atoms with Gasteiger partial charge in [-0.15, -0.1) is 0 Å². The number of aromatic nitrogens is 2. The van der Waals surface area contributed by atoms with Gasteiger partial charge in [0.05, 0.1) is 23.8 Å². The average molecular weight is 252 g/mol. The second kappa shape index (κ2) is 5.22. The van der Waals surface area contributed by atoms with Crippen molar-refractivity contribution in [2.24, 2.45) is 5.10 Å². The number of aromatic amines is 1. The van der Waals surface area contributed by atoms with Crippen molar-refractivity contribution in [1.29, 1.82) is 0 Å². The molecule has 0 saturated carbocycles. The molecule has 0 amide bonds. The Labute approximate surface area is 110 Å². The highest BCUT2D eigenvalue weighted by molar-refractivity contribution is 5.77. The summed E-state index contributed by atoms with van der Waals surface area (Å²) in [5, 5.41) is 4.13. The van der Waals surface area contributed by atoms with Crippen LogP contribution < -0.4 is 5.43 Å². The van der Waals surface area contributed by atoms with E-state index in [0.717, 1.165) is 22.7 Å². The number of hydrogen-bond donors (Lipinski definition) is 2. The molecular formula is C14H12N4O. The summed E-state index contributed by atoms with van der Waals surface area (Å²) in [5.74, 6) is 0.751. The van der Waals surface area contributed by atoms with Crippen LogP contribution in [0.15, 0.2) is 64.7 Å². The fourth-order valence-corrected chi connectivity index (χ4v) is 1.67. The van der Waals surface area contributed by atoms with Crippen LogP contribution in [-0.2, 0) is 0 Å². The average Bonchev–Trinajstić information content (AvgIpc) is 3.13. The van der Waals surface area contributed by atoms with E-state index in [4.69, 9.17) is 4.42 Å². The Bertz CT molecular complexity index is 639. The summed E-state index contributed by atoms with van der Waals surface area (Å²) in [5.41, 5.74) is 5.80. The van der Waals surface area contributed by atoms with Gasteiger partial charge in [0, 0.05) is 11.8 Å². The Morgan fingerprint density at radius 2 is 2.11 bits per heavy atom. The standard InChI is InChI=1S/C14H12N4O/c1-2-13(16-7-1)8-17-18-12-5-3-11(4-6-12)14-9-15-10-19-14/h1-10,16,18H. The van der Waals surface area contributed by atoms with Crippen LogP contribution in [0.2, 0.25) is 0 Å². The maximum Gasteiger partial charge on any atom is 0.181 e. The highest BCUT2D eigenvalue weighted by atomic mass is 16.3. The van der Waals surface area contributed by atoms with Gasteiger partial charge in [-0.05, 0) is 36.4 Å². The molecule has 0 aliphatic heterocycles. The van der Waals surface area contributed by atoms with Gasteiger partial charge in [0.25, 0.3) is 0 Å². The van der Waals surface area contributed by atoms with Crippen molar-refractivity contribution in [2.45, 2.75) is 0 Å². The fourth-order valence-electron chi connectivity index (χ4n) is 1.67. The largest absolute Gasteiger partial charge is 0.444 e. The van der Waals surface area contributed by atoms with Crippen LogP contribution >= 0.6 is 0 Å². The van der Waals surface area contributed by atoms with Gasteiger partial charge in [0.15, 0.2) is 12.2 Å². The van der Waals surface area contributed by atoms with Gasteiger partial charge in [0.1, 0.15) is 0 Å². The number of oxazole rings is 1. The van der Waals surface area contributed by atoms with E-state index in [9.17, 15) is 0 Å². The van der Waals surface area contributed by atoms with Crippen LogP contribution in [0.25, 0.3) is 11.3 Å². The molecule has 2 aromatic heterocycles. The predicted octanol–water partition coefficient (Wildman–Crippen LogP) is 3.12. The lowest BCUT2D eigenvalue weighted by atomic mass is 10.2. The highest BCUT2D eigenvalue weighted by Crippen LogP contribution is 2.20. The van der Waals surface area contributed by atoms with Gasteiger partial charge in [-0.3, -0.25) is 5.43 Å². The van der Waals surface area contributed by atoms with E-state index in [1.165, 1.54) is 6.39 Å². The predicted molar refractivity (Wildman–Crippen MR) is 73.9 cm³/mol. The maximum absolute atomic E-state index is 5.22. The first-order chi connectivity index (χ1) is 9.42. The molecule has 3 rings (SSSR count). The number of hydrogen-bond acceptors (Lipinski definition) is 4. The summed E-state index contributed by atoms with van der Waals surface area (Å²) in [6, 6.07) is 11.6. The van der Waals surface area contributed by atoms with E-state index in [1.54, 1.807) is 12.4 Å². The molecule has 3 aromatic rings. The summed E-state index contributed by atoms with van der Waals surface area (Å²) in [6.07, 6.45) is 6.69. The molecule has 0 radical (unpaired) electrons. The van der Waals surface area contributed by atoms with Crippen LogP contribution in [0.1, 0.15) is 5.69 Å². The van der Waals surface area contributed by atoms with E-state index in [2.05, 4.69) is 20.5 Å². The zero-order valence-electron chi connectivity index (χ0n) is 10.1. The zero-order valence-corrected chi connectivity index (χ0v) is 10.1. The second-order valence-corrected chi connectivity index (χ2v) is 3.94. The highest BCUT2D eigenvalue weighted by Gasteiger charge is 2.00. The molecule has 0 spiro atoms. The molecule has 0 fully saturated rings. The fraction of sp³-hybridized carbons (Fsp3) is 0. The van der Waals surface area contributed by atoms with Gasteiger partial charge in [0.2, 0.25) is 0 Å². The van der Waals surface area contributed by atoms with Gasteiger partial charge in [-0.2, -0.15) is 5.10 Å². The molecule has 0 bridgehead atoms. The Kier molecular flexibility index (Phi) is 3.10. The Morgan fingerprint density at radius 1 is 1.21 bits per heavy atom. The molecule has 0 aliphatic rings. The summed E-state index contributed by atoms with van der Waals surface area (Å²) in [7, 11) is 0. The van der Waals surface area contributed by atoms with Gasteiger partial charge in [-0.25, -0.2) is 4.98 Å². The van der Waals surface area contributed by atoms with Crippen LogP contribution in [0, 0.1) is 0 Å². The normalized spacial score (nSPS) is 10.9. The molecule has 5 nitrogen and oxygen atoms in total. The molecule has 2 heterocycles. The zero-order chi connectivity index (χ0) is 12.9. The second-order valence-electron chi connectivity index (χ2n) is 3.94. The molecular weight excluding hydrogens is 240 g/mol. The third kappa shape index (κ3) is 2.71. The summed E-state index contributed by atoms with van der Waals surface area (Å²) in [6.45, 7) is 0. The summed E-state index contributed by atoms with van der Waals surface area (Å²) >= 11 is 0. The van der Waals surface area contributed by atoms with E-state index in [0.29, 0.717) is 0 Å². The number of hydrazone groups is 1. The minimum Gasteiger partial charge on any atom is -0.444 e. The maximum atomic E-state index is 5.22. The molecule has 94 valence electrons. The third-order valence-corrected chi connectivity index (χ3v) is 2.62. The number of nitrogens with zero attached hydrogens (tertiary/aromatic N) is 2. The lowest BCUT2D eigenvalue weighted by Gasteiger charge is -2.01. The topological polar surface area (TPSA) is 66.2 Å². The first-order valence-corrected chi connectivity index (χ1v) is 5.83. The lowest BCUT2D eigenvalue weighted by molar-refractivity contribution is 0.572. The smallest absolute Gasteiger partial charge is 0.181 e. The van der Waals surface area contributed by atoms with E-state index in [-0.39, 0.29) is 0 Å². The van der Waals surface area contributed by atoms with E-state index < -0.39 is 0 Å². The quantitative estimate of drug-likeness (QED) is 0.553. The number of rotatable bonds is 4. The van der Waals surface area contributed by atoms with Gasteiger partial charge < -0.3 is 9.40 Å². The van der Waals surface area contributed by atoms with Crippen molar-refractivity contribution in [3.05, 3.63) is 60.9 Å². The minimum atomic E-state index is 0.751. The van der Waals surface area contributed by atoms with Gasteiger partial charge in [-0.1, -0.05) is 0 Å². The van der Waals surface area contributed by atoms with Crippen LogP contribution in [0.4, 0.5) is 5.69 Å². The SMILES string of the molecule is C(=NNc1ccc(-c2cnco2)cc1)c1ccc[nH]1. The van der Waals surface area contributed by atoms with Crippen molar-refractivity contribution >= 4 is 11.9 Å². The van der Waals surface area contributed by atoms with Crippen molar-refractivity contribution in [3.63, 3.8) is 0 Å². The van der Waals surface area contributed by atoms with E-state index >= 15 is 0 Å². The number of nitrogens with one attached hydrogen (secondary N) is 2. The monoisotopic (exact) mass is 252 g/mol. The van der Waals surface area contributed by atoms with Crippen LogP contribution in [-0.4, -0.2) is 16.2 Å². The molecule has 1 aromatic carbocycles. The van der Waals surface area contributed by atoms with Crippen molar-refractivity contribution in [3.8, 4) is 11.3 Å². The van der Waals surface area contributed by atoms with Crippen molar-refractivity contribution < 1.29 is 4.42 Å². The first kappa shape index (κ1) is 11.3. The van der Waals surface area contributed by atoms with Gasteiger partial charge >= 0.3 is 0 Å². The molecule has 0 aliphatic carbocycles. The summed E-state index contributed by atoms with van der Waals surface area (Å²) in [4.78, 5) is 6.93. The van der Waals surface area contributed by atoms with Crippen LogP contribution in [0.5, 0.6) is 0 Å². The molecule has 5 heteroatoms. The molecule has 0 saturated heterocycles. The Balaban J connectivity index is 1.66. The van der Waals surface area contributed by atoms with Crippen molar-refractivity contribution in [1.82, 2.24) is 9.97 Å². The lowest BCUT2D eigenvalue weighted by Crippen LogP contribution is -1.90. The molecule has 19 heavy (non-hydrogen) atoms. The number of benzene rings is 1. The van der Waals surface area contributed by atoms with Crippen molar-refractivity contribution in [2.75, 3.05) is 5.43 Å². The first-order valence-electron chi connectivity index (χ1n) is 5.83. The molecule has 2 N–H and O–H groups in total. The molecule has 0 unspecified atom stereocenters. The van der Waals surface area contributed by atoms with E-state index in [1.807, 2.05) is 42.6 Å². The summed E-state index contributed by atoms with van der Waals surface area (Å²) < 4.78 is 5.22. The minimum absolute atomic E-state index is 0.751. The Morgan fingerprint density at radius 3 is 2.79 bits per heavy atom.